The van der Waals surface area contributed by atoms with Crippen LogP contribution < -0.4 is 14.8 Å². The Hall–Kier alpha value is -3.76. The Labute approximate surface area is 323 Å². The average Bonchev–Trinajstić information content (AvgIpc) is 3.62. The van der Waals surface area contributed by atoms with E-state index in [1.54, 1.807) is 0 Å². The van der Waals surface area contributed by atoms with Gasteiger partial charge in [0.2, 0.25) is 0 Å². The molecule has 1 aliphatic rings. The summed E-state index contributed by atoms with van der Waals surface area (Å²) in [5.74, 6) is 0. The van der Waals surface area contributed by atoms with E-state index in [2.05, 4.69) is 202 Å². The summed E-state index contributed by atoms with van der Waals surface area (Å²) in [5.41, 5.74) is 12.8. The number of benzene rings is 5. The fourth-order valence-corrected chi connectivity index (χ4v) is 6.48. The van der Waals surface area contributed by atoms with Crippen molar-refractivity contribution in [3.05, 3.63) is 138 Å². The summed E-state index contributed by atoms with van der Waals surface area (Å²) in [6.45, 7) is 29.9. The molecular formula is C47H55AuN3-2. The third-order valence-electron chi connectivity index (χ3n) is 9.83. The Kier molecular flexibility index (Phi) is 10.6. The summed E-state index contributed by atoms with van der Waals surface area (Å²) in [7, 11) is 0. The number of anilines is 4. The van der Waals surface area contributed by atoms with E-state index in [1.807, 2.05) is 12.1 Å². The molecule has 6 aromatic rings. The standard InChI is InChI=1S/C35H47N2.C12H8N.Au/c1-32(2,3)24-17-25(33(4,5)6)20-28(19-24)36-23-37(31-16-14-13-15-30(31)36)29-21-26(34(7,8)9)18-27(22-29)35(10,11)12;1-3-7-11-9(5-1)10-6-2-4-8-12(10)13-11;/h13-23H,1-12H3;1-8H;/q2*-1;. The van der Waals surface area contributed by atoms with Crippen molar-refractivity contribution < 1.29 is 22.4 Å². The number of para-hydroxylation sites is 4. The first-order valence-corrected chi connectivity index (χ1v) is 18.1. The first kappa shape index (κ1) is 38.5. The van der Waals surface area contributed by atoms with Crippen molar-refractivity contribution in [2.45, 2.75) is 105 Å². The van der Waals surface area contributed by atoms with Crippen LogP contribution in [0.25, 0.3) is 21.8 Å². The zero-order valence-corrected chi connectivity index (χ0v) is 34.8. The molecule has 0 bridgehead atoms. The molecule has 0 aliphatic carbocycles. The maximum Gasteiger partial charge on any atom is 0.0345 e. The number of hydrogen-bond donors (Lipinski definition) is 0. The van der Waals surface area contributed by atoms with Crippen LogP contribution in [-0.4, -0.2) is 0 Å². The minimum atomic E-state index is 0. The maximum atomic E-state index is 4.52. The number of aromatic nitrogens is 1. The predicted molar refractivity (Wildman–Crippen MR) is 217 cm³/mol. The second-order valence-electron chi connectivity index (χ2n) is 18.0. The van der Waals surface area contributed by atoms with Gasteiger partial charge in [0.05, 0.1) is 0 Å². The molecule has 1 aromatic heterocycles. The van der Waals surface area contributed by atoms with Gasteiger partial charge in [0.15, 0.2) is 0 Å². The second kappa shape index (κ2) is 14.0. The van der Waals surface area contributed by atoms with Gasteiger partial charge in [0, 0.05) is 45.1 Å². The monoisotopic (exact) mass is 858 g/mol. The molecule has 0 saturated heterocycles. The Bertz CT molecular complexity index is 1930. The van der Waals surface area contributed by atoms with Gasteiger partial charge in [-0.2, -0.15) is 0 Å². The molecule has 5 aromatic carbocycles. The smallest absolute Gasteiger partial charge is 0.0345 e. The summed E-state index contributed by atoms with van der Waals surface area (Å²) in [5, 5.41) is 2.50. The molecule has 271 valence electrons. The summed E-state index contributed by atoms with van der Waals surface area (Å²) >= 11 is 0. The third kappa shape index (κ3) is 8.17. The minimum absolute atomic E-state index is 0. The van der Waals surface area contributed by atoms with E-state index >= 15 is 0 Å². The Balaban J connectivity index is 0.000000298. The van der Waals surface area contributed by atoms with Crippen LogP contribution in [0.5, 0.6) is 0 Å². The summed E-state index contributed by atoms with van der Waals surface area (Å²) in [6.07, 6.45) is 0. The molecular weight excluding hydrogens is 804 g/mol. The van der Waals surface area contributed by atoms with Crippen molar-refractivity contribution in [2.24, 2.45) is 0 Å². The van der Waals surface area contributed by atoms with Crippen molar-refractivity contribution >= 4 is 44.6 Å². The van der Waals surface area contributed by atoms with E-state index in [0.29, 0.717) is 0 Å². The number of nitrogens with zero attached hydrogens (tertiary/aromatic N) is 3. The van der Waals surface area contributed by atoms with E-state index in [9.17, 15) is 0 Å². The van der Waals surface area contributed by atoms with Gasteiger partial charge in [-0.25, -0.2) is 0 Å². The van der Waals surface area contributed by atoms with Crippen LogP contribution in [-0.2, 0) is 44.0 Å². The van der Waals surface area contributed by atoms with Crippen LogP contribution >= 0.6 is 0 Å². The molecule has 0 N–H and O–H groups in total. The van der Waals surface area contributed by atoms with Crippen molar-refractivity contribution in [1.82, 2.24) is 4.98 Å². The number of rotatable bonds is 2. The molecule has 51 heavy (non-hydrogen) atoms. The topological polar surface area (TPSA) is 20.6 Å². The van der Waals surface area contributed by atoms with Gasteiger partial charge < -0.3 is 14.8 Å². The second-order valence-corrected chi connectivity index (χ2v) is 18.0. The van der Waals surface area contributed by atoms with E-state index in [1.165, 1.54) is 55.8 Å². The molecule has 0 unspecified atom stereocenters. The minimum Gasteiger partial charge on any atom is -0.657 e. The molecule has 0 saturated carbocycles. The number of fused-ring (bicyclic) bond motifs is 4. The number of hydrogen-bond acceptors (Lipinski definition) is 2. The predicted octanol–water partition coefficient (Wildman–Crippen LogP) is 13.2. The van der Waals surface area contributed by atoms with Crippen LogP contribution in [0.4, 0.5) is 22.7 Å². The molecule has 0 fully saturated rings. The van der Waals surface area contributed by atoms with Crippen LogP contribution in [0.2, 0.25) is 0 Å². The molecule has 4 heteroatoms. The van der Waals surface area contributed by atoms with Crippen LogP contribution in [0.3, 0.4) is 0 Å². The molecule has 3 nitrogen and oxygen atoms in total. The van der Waals surface area contributed by atoms with Gasteiger partial charge in [-0.05, 0) is 91.1 Å². The van der Waals surface area contributed by atoms with Crippen LogP contribution in [0.15, 0.2) is 109 Å². The fourth-order valence-electron chi connectivity index (χ4n) is 6.48. The molecule has 0 atom stereocenters. The molecule has 0 spiro atoms. The SMILES string of the molecule is CC(C)(C)c1cc(N2[CH-]N(c3cc(C(C)(C)C)cc(C(C)(C)C)c3)c3ccccc32)cc(C(C)(C)C)c1.[Au].c1ccc2c(c1)[n-]c1ccccc12. The van der Waals surface area contributed by atoms with Crippen LogP contribution in [0.1, 0.15) is 105 Å². The summed E-state index contributed by atoms with van der Waals surface area (Å²) < 4.78 is 0. The maximum absolute atomic E-state index is 4.52. The summed E-state index contributed by atoms with van der Waals surface area (Å²) in [4.78, 5) is 9.27. The van der Waals surface area contributed by atoms with E-state index in [-0.39, 0.29) is 44.0 Å². The average molecular weight is 859 g/mol. The van der Waals surface area contributed by atoms with E-state index < -0.39 is 0 Å². The molecule has 1 radical (unpaired) electrons. The molecule has 2 heterocycles. The Morgan fingerprint density at radius 3 is 1.02 bits per heavy atom. The quantitative estimate of drug-likeness (QED) is 0.128. The van der Waals surface area contributed by atoms with Gasteiger partial charge in [0.25, 0.3) is 0 Å². The van der Waals surface area contributed by atoms with Crippen molar-refractivity contribution in [3.63, 3.8) is 0 Å². The molecule has 1 aliphatic heterocycles. The van der Waals surface area contributed by atoms with Gasteiger partial charge in [-0.15, -0.1) is 17.7 Å². The molecule has 7 rings (SSSR count). The van der Waals surface area contributed by atoms with Gasteiger partial charge in [0.1, 0.15) is 0 Å². The van der Waals surface area contributed by atoms with E-state index in [0.717, 1.165) is 11.0 Å². The van der Waals surface area contributed by atoms with E-state index in [4.69, 9.17) is 0 Å². The third-order valence-corrected chi connectivity index (χ3v) is 9.83. The van der Waals surface area contributed by atoms with Crippen molar-refractivity contribution in [1.29, 1.82) is 0 Å². The zero-order chi connectivity index (χ0) is 36.2. The Morgan fingerprint density at radius 2 is 0.706 bits per heavy atom. The first-order valence-electron chi connectivity index (χ1n) is 18.1. The fraction of sp³-hybridized carbons (Fsp3) is 0.340. The molecule has 0 amide bonds. The van der Waals surface area contributed by atoms with Gasteiger partial charge >= 0.3 is 0 Å². The normalized spacial score (nSPS) is 13.6. The summed E-state index contributed by atoms with van der Waals surface area (Å²) in [6, 6.07) is 39.5. The largest absolute Gasteiger partial charge is 0.657 e. The first-order chi connectivity index (χ1) is 23.3. The van der Waals surface area contributed by atoms with Gasteiger partial charge in [-0.3, -0.25) is 0 Å². The van der Waals surface area contributed by atoms with Gasteiger partial charge in [-0.1, -0.05) is 156 Å². The van der Waals surface area contributed by atoms with Crippen molar-refractivity contribution in [3.8, 4) is 0 Å². The van der Waals surface area contributed by atoms with Crippen molar-refractivity contribution in [2.75, 3.05) is 9.80 Å². The van der Waals surface area contributed by atoms with Crippen LogP contribution in [0, 0.1) is 6.67 Å². The zero-order valence-electron chi connectivity index (χ0n) is 32.6. The Morgan fingerprint density at radius 1 is 0.412 bits per heavy atom.